The average molecular weight is 1910 g/mol. The predicted octanol–water partition coefficient (Wildman–Crippen LogP) is 25.8. The number of benzene rings is 8. The number of imidazole rings is 4. The van der Waals surface area contributed by atoms with Crippen molar-refractivity contribution in [2.45, 2.75) is 162 Å². The van der Waals surface area contributed by atoms with Gasteiger partial charge in [-0.3, -0.25) is 24.9 Å². The van der Waals surface area contributed by atoms with Gasteiger partial charge in [0.25, 0.3) is 0 Å². The van der Waals surface area contributed by atoms with Gasteiger partial charge in [-0.2, -0.15) is 0 Å². The number of aryl methyl sites for hydroxylation is 15. The fourth-order valence-electron chi connectivity index (χ4n) is 14.4. The molecule has 0 aliphatic rings. The molecule has 9 aromatic heterocycles. The lowest BCUT2D eigenvalue weighted by molar-refractivity contribution is 0.253. The van der Waals surface area contributed by atoms with Crippen LogP contribution in [0.5, 0.6) is 28.7 Å². The normalized spacial score (nSPS) is 10.7. The number of aromatic nitrogens is 13. The number of ether oxygens (including phenoxy) is 4. The number of fused-ring (bicyclic) bond motifs is 4. The Labute approximate surface area is 796 Å². The Kier molecular flexibility index (Phi) is 38.3. The summed E-state index contributed by atoms with van der Waals surface area (Å²) in [5, 5.41) is 20.3. The Morgan fingerprint density at radius 3 is 1.01 bits per heavy atom. The van der Waals surface area contributed by atoms with Gasteiger partial charge in [0, 0.05) is 49.8 Å². The predicted molar refractivity (Wildman–Crippen MR) is 532 cm³/mol. The number of pyridine rings is 5. The molecule has 0 unspecified atom stereocenters. The summed E-state index contributed by atoms with van der Waals surface area (Å²) in [6, 6.07) is 76.3. The van der Waals surface area contributed by atoms with Crippen LogP contribution in [-0.4, -0.2) is 83.3 Å². The van der Waals surface area contributed by atoms with E-state index in [1.54, 1.807) is 6.07 Å². The second-order valence-corrected chi connectivity index (χ2v) is 35.3. The number of hydrogen-bond donors (Lipinski definition) is 3. The molecule has 3 N–H and O–H groups in total. The summed E-state index contributed by atoms with van der Waals surface area (Å²) in [4.78, 5) is 43.7. The highest BCUT2D eigenvalue weighted by Crippen LogP contribution is 2.32. The second kappa shape index (κ2) is 49.5. The molecule has 8 aromatic carbocycles. The van der Waals surface area contributed by atoms with Crippen molar-refractivity contribution < 1.29 is 33.4 Å². The van der Waals surface area contributed by atoms with Crippen LogP contribution in [0.4, 0.5) is 0 Å². The number of alkyl halides is 3. The topological polar surface area (TPSA) is 241 Å². The number of hydrogen-bond acceptors (Lipinski definition) is 16. The Balaban J connectivity index is 0.000000163. The lowest BCUT2D eigenvalue weighted by Gasteiger charge is -2.14. The van der Waals surface area contributed by atoms with Crippen LogP contribution in [0.3, 0.4) is 0 Å². The molecular weight excluding hydrogens is 1800 g/mol. The van der Waals surface area contributed by atoms with Crippen molar-refractivity contribution in [3.05, 3.63) is 376 Å². The van der Waals surface area contributed by atoms with Gasteiger partial charge in [-0.1, -0.05) is 146 Å². The maximum atomic E-state index is 10.0. The van der Waals surface area contributed by atoms with Gasteiger partial charge in [-0.05, 0) is 279 Å². The maximum Gasteiger partial charge on any atom is 0.211 e. The summed E-state index contributed by atoms with van der Waals surface area (Å²) >= 11 is 27.6. The van der Waals surface area contributed by atoms with E-state index in [1.165, 1.54) is 33.4 Å². The first-order valence-electron chi connectivity index (χ1n) is 41.7. The highest BCUT2D eigenvalue weighted by Gasteiger charge is 2.20. The van der Waals surface area contributed by atoms with E-state index in [4.69, 9.17) is 96.1 Å². The van der Waals surface area contributed by atoms with Gasteiger partial charge in [-0.15, -0.1) is 34.8 Å². The zero-order valence-electron chi connectivity index (χ0n) is 75.4. The number of aromatic hydroxyl groups is 1. The van der Waals surface area contributed by atoms with E-state index < -0.39 is 9.23 Å². The fraction of sp³-hybridized carbons (Fsp3) is 0.245. The van der Waals surface area contributed by atoms with Crippen molar-refractivity contribution in [3.8, 4) is 28.7 Å². The van der Waals surface area contributed by atoms with E-state index in [2.05, 4.69) is 175 Å². The summed E-state index contributed by atoms with van der Waals surface area (Å²) in [7, 11) is 7.36. The van der Waals surface area contributed by atoms with Crippen molar-refractivity contribution in [1.82, 2.24) is 63.5 Å². The molecule has 9 heterocycles. The molecule has 0 atom stereocenters. The zero-order chi connectivity index (χ0) is 93.7. The van der Waals surface area contributed by atoms with Crippen LogP contribution in [-0.2, 0) is 67.8 Å². The Bertz CT molecular complexity index is 6340. The summed E-state index contributed by atoms with van der Waals surface area (Å²) in [6.45, 7) is 34.0. The fourth-order valence-corrected chi connectivity index (χ4v) is 15.0. The number of nitrogens with zero attached hydrogens (tertiary/aromatic N) is 12. The monoisotopic (exact) mass is 1900 g/mol. The van der Waals surface area contributed by atoms with Crippen LogP contribution < -0.4 is 18.9 Å². The zero-order valence-corrected chi connectivity index (χ0v) is 81.5. The largest absolute Gasteiger partial charge is 0.506 e. The Morgan fingerprint density at radius 1 is 0.346 bits per heavy atom. The van der Waals surface area contributed by atoms with Crippen LogP contribution in [0.25, 0.3) is 44.1 Å². The number of H-pyrrole nitrogens is 1. The standard InChI is InChI=1S/C24H25N3O.C23H22ClN3O.C17H19N3O.C14H14ClNO.C14H15NO2.C9H9ClN2.CH2Cl2.Cl2OS/c1-16-12-17(2)24-22(13-16)27(19(4)26-24)14-21-23(11-10-18(3)25-21)28-15-20-8-6-5-7-9-20;1-15-11-16(2)22-20(12-15)27(23(24)26-22)13-19-21(10-9-17(3)25-19)28-14-18-7-5-4-6-8-18;1-10-7-11(2)17-15(8-10)20(13(4)19-17)9-14-16(21)6-5-12(3)18-14;1-11-7-8-14(13(9-15)16-11)17-10-12-5-3-2-4-6-12;1-11-7-8-14(13(9-16)15-11)17-10-12-5-3-2-4-6-12;1-5-3-6(2)8-7(4-5)11-9(10)12-8;2-1-3;1-4(2)3/h5-13H,14-15H2,1-4H3;4-12H,13-14H2,1-3H3;5-8,21H,9H2,1-4H3;2-8H,9-10H2,1H3;2-8,16H,9-10H2,1H3;3-4H,1-2H3,(H,11,12);1H2;. The van der Waals surface area contributed by atoms with E-state index in [0.29, 0.717) is 79.6 Å². The van der Waals surface area contributed by atoms with E-state index in [0.717, 1.165) is 152 Å². The third-order valence-electron chi connectivity index (χ3n) is 20.3. The molecule has 17 rings (SSSR count). The molecule has 676 valence electrons. The summed E-state index contributed by atoms with van der Waals surface area (Å²) in [6.07, 6.45) is 0. The Hall–Kier alpha value is -11.5. The number of aromatic amines is 1. The molecule has 0 spiro atoms. The molecule has 0 aliphatic carbocycles. The van der Waals surface area contributed by atoms with Crippen LogP contribution in [0.1, 0.15) is 135 Å². The molecule has 0 saturated heterocycles. The van der Waals surface area contributed by atoms with Crippen molar-refractivity contribution in [3.63, 3.8) is 0 Å². The van der Waals surface area contributed by atoms with Gasteiger partial charge < -0.3 is 47.8 Å². The summed E-state index contributed by atoms with van der Waals surface area (Å²) in [5.41, 5.74) is 30.7. The van der Waals surface area contributed by atoms with E-state index in [1.807, 2.05) is 223 Å². The molecule has 0 bridgehead atoms. The SMILES string of the molecule is Cc1cc(C)c2nc(C)n(Cc3nc(C)ccc3O)c2c1.Cc1cc(C)c2nc(C)n(Cc3nc(C)ccc3OCc3ccccc3)c2c1.Cc1cc(C)c2nc(Cl)[nH]c2c1.Cc1cc(C)c2nc(Cl)n(Cc3nc(C)ccc3OCc3ccccc3)c2c1.Cc1ccc(OCc2ccccc2)c(CCl)n1.Cc1ccc(OCc2ccccc2)c(CO)n1.ClCCl.O=S(Cl)Cl. The van der Waals surface area contributed by atoms with Crippen LogP contribution in [0.2, 0.25) is 10.6 Å². The number of aliphatic hydroxyl groups is 1. The minimum atomic E-state index is -1.67. The van der Waals surface area contributed by atoms with Crippen molar-refractivity contribution in [2.75, 3.05) is 5.34 Å². The average Bonchev–Trinajstić information content (AvgIpc) is 1.64. The van der Waals surface area contributed by atoms with Gasteiger partial charge in [0.2, 0.25) is 19.8 Å². The van der Waals surface area contributed by atoms with Gasteiger partial charge in [0.15, 0.2) is 0 Å². The number of halogens is 7. The number of nitrogens with one attached hydrogen (secondary N) is 1. The van der Waals surface area contributed by atoms with Gasteiger partial charge in [0.1, 0.15) is 89.6 Å². The molecule has 130 heavy (non-hydrogen) atoms. The third kappa shape index (κ3) is 29.5. The minimum absolute atomic E-state index is 0.105. The van der Waals surface area contributed by atoms with Gasteiger partial charge in [-0.25, -0.2) is 24.1 Å². The highest BCUT2D eigenvalue weighted by molar-refractivity contribution is 8.26. The lowest BCUT2D eigenvalue weighted by atomic mass is 10.1. The second-order valence-electron chi connectivity index (χ2n) is 31.0. The molecule has 17 aromatic rings. The van der Waals surface area contributed by atoms with Crippen LogP contribution in [0, 0.1) is 104 Å². The first-order valence-corrected chi connectivity index (χ1v) is 46.9. The van der Waals surface area contributed by atoms with Crippen molar-refractivity contribution in [2.24, 2.45) is 0 Å². The minimum Gasteiger partial charge on any atom is -0.506 e. The molecule has 0 saturated carbocycles. The van der Waals surface area contributed by atoms with Gasteiger partial charge >= 0.3 is 0 Å². The van der Waals surface area contributed by atoms with Crippen LogP contribution in [0.15, 0.2) is 231 Å². The van der Waals surface area contributed by atoms with Crippen molar-refractivity contribution >= 4 is 133 Å². The summed E-state index contributed by atoms with van der Waals surface area (Å²) < 4.78 is 39.0. The smallest absolute Gasteiger partial charge is 0.211 e. The molecular formula is C102H106Cl7N13O7S. The first-order chi connectivity index (χ1) is 62.4. The molecule has 0 fully saturated rings. The maximum absolute atomic E-state index is 10.0. The third-order valence-corrected chi connectivity index (χ3v) is 21.0. The molecule has 28 heteroatoms. The van der Waals surface area contributed by atoms with E-state index >= 15 is 0 Å². The Morgan fingerprint density at radius 2 is 0.638 bits per heavy atom. The summed E-state index contributed by atoms with van der Waals surface area (Å²) in [5.74, 6) is 5.49. The number of rotatable bonds is 20. The highest BCUT2D eigenvalue weighted by atomic mass is 36.0. The van der Waals surface area contributed by atoms with Gasteiger partial charge in [0.05, 0.1) is 87.3 Å². The molecule has 20 nitrogen and oxygen atoms in total. The van der Waals surface area contributed by atoms with Crippen LogP contribution >= 0.6 is 79.4 Å². The van der Waals surface area contributed by atoms with E-state index in [-0.39, 0.29) is 17.7 Å². The quantitative estimate of drug-likeness (QED) is 0.0475. The van der Waals surface area contributed by atoms with Crippen molar-refractivity contribution in [1.29, 1.82) is 0 Å². The van der Waals surface area contributed by atoms with E-state index in [9.17, 15) is 10.2 Å². The molecule has 0 radical (unpaired) electrons. The lowest BCUT2D eigenvalue weighted by Crippen LogP contribution is -2.08. The first kappa shape index (κ1) is 101. The molecule has 0 aliphatic heterocycles. The molecule has 0 amide bonds. The number of aliphatic hydroxyl groups excluding tert-OH is 1.